The van der Waals surface area contributed by atoms with Crippen LogP contribution in [0.15, 0.2) is 29.5 Å². The third-order valence-corrected chi connectivity index (χ3v) is 2.12. The normalized spacial score (nSPS) is 10.1. The van der Waals surface area contributed by atoms with Gasteiger partial charge in [0.25, 0.3) is 0 Å². The summed E-state index contributed by atoms with van der Waals surface area (Å²) < 4.78 is 2.03. The molecule has 1 aromatic carbocycles. The molecule has 0 aliphatic rings. The van der Waals surface area contributed by atoms with Gasteiger partial charge in [-0.1, -0.05) is 0 Å². The minimum absolute atomic E-state index is 0.592. The molecule has 0 fully saturated rings. The first-order chi connectivity index (χ1) is 6.85. The van der Waals surface area contributed by atoms with Gasteiger partial charge in [0.2, 0.25) is 6.08 Å². The number of aliphatic imine (C=N–C) groups is 1. The predicted molar refractivity (Wildman–Crippen MR) is 53.2 cm³/mol. The molecule has 4 nitrogen and oxygen atoms in total. The van der Waals surface area contributed by atoms with E-state index in [2.05, 4.69) is 16.9 Å². The average molecular weight is 187 g/mol. The lowest BCUT2D eigenvalue weighted by Crippen LogP contribution is -1.89. The van der Waals surface area contributed by atoms with E-state index >= 15 is 0 Å². The zero-order valence-electron chi connectivity index (χ0n) is 7.77. The molecule has 0 N–H and O–H groups in total. The molecule has 70 valence electrons. The van der Waals surface area contributed by atoms with E-state index < -0.39 is 0 Å². The largest absolute Gasteiger partial charge is 0.331 e. The van der Waals surface area contributed by atoms with Gasteiger partial charge >= 0.3 is 0 Å². The first-order valence-electron chi connectivity index (χ1n) is 4.38. The van der Waals surface area contributed by atoms with Gasteiger partial charge in [0, 0.05) is 6.54 Å². The third kappa shape index (κ3) is 1.32. The Morgan fingerprint density at radius 3 is 3.14 bits per heavy atom. The van der Waals surface area contributed by atoms with Crippen molar-refractivity contribution in [3.63, 3.8) is 0 Å². The summed E-state index contributed by atoms with van der Waals surface area (Å²) in [4.78, 5) is 17.8. The molecule has 14 heavy (non-hydrogen) atoms. The number of nitrogens with zero attached hydrogens (tertiary/aromatic N) is 3. The van der Waals surface area contributed by atoms with Crippen LogP contribution in [0.1, 0.15) is 6.92 Å². The second-order valence-electron chi connectivity index (χ2n) is 2.91. The summed E-state index contributed by atoms with van der Waals surface area (Å²) in [5, 5.41) is 0. The smallest absolute Gasteiger partial charge is 0.240 e. The molecule has 0 amide bonds. The van der Waals surface area contributed by atoms with E-state index in [1.807, 2.05) is 10.6 Å². The number of benzene rings is 1. The molecule has 0 saturated carbocycles. The molecule has 2 aromatic rings. The van der Waals surface area contributed by atoms with Crippen molar-refractivity contribution in [1.29, 1.82) is 0 Å². The summed E-state index contributed by atoms with van der Waals surface area (Å²) in [5.74, 6) is 0. The quantitative estimate of drug-likeness (QED) is 0.533. The molecule has 0 atom stereocenters. The van der Waals surface area contributed by atoms with Crippen molar-refractivity contribution in [3.05, 3.63) is 24.5 Å². The molecule has 0 aliphatic heterocycles. The first-order valence-corrected chi connectivity index (χ1v) is 4.38. The van der Waals surface area contributed by atoms with Gasteiger partial charge in [-0.05, 0) is 25.1 Å². The molecule has 2 rings (SSSR count). The van der Waals surface area contributed by atoms with Crippen LogP contribution in [0, 0.1) is 0 Å². The Labute approximate surface area is 80.9 Å². The maximum absolute atomic E-state index is 10.1. The number of aromatic nitrogens is 2. The van der Waals surface area contributed by atoms with Crippen molar-refractivity contribution in [2.45, 2.75) is 13.5 Å². The second-order valence-corrected chi connectivity index (χ2v) is 2.91. The van der Waals surface area contributed by atoms with Gasteiger partial charge in [-0.2, -0.15) is 4.99 Å². The number of isocyanates is 1. The molecule has 1 heterocycles. The van der Waals surface area contributed by atoms with Gasteiger partial charge in [0.1, 0.15) is 0 Å². The fraction of sp³-hybridized carbons (Fsp3) is 0.200. The Morgan fingerprint density at radius 1 is 1.57 bits per heavy atom. The lowest BCUT2D eigenvalue weighted by Gasteiger charge is -1.97. The lowest BCUT2D eigenvalue weighted by molar-refractivity contribution is 0.565. The SMILES string of the molecule is CCn1cnc2cc(N=C=O)ccc21. The number of hydrogen-bond acceptors (Lipinski definition) is 3. The van der Waals surface area contributed by atoms with E-state index in [0.29, 0.717) is 5.69 Å². The highest BCUT2D eigenvalue weighted by Crippen LogP contribution is 2.19. The highest BCUT2D eigenvalue weighted by Gasteiger charge is 2.01. The average Bonchev–Trinajstić information content (AvgIpc) is 2.60. The topological polar surface area (TPSA) is 47.2 Å². The second kappa shape index (κ2) is 3.44. The molecule has 1 aromatic heterocycles. The monoisotopic (exact) mass is 187 g/mol. The van der Waals surface area contributed by atoms with Gasteiger partial charge in [-0.3, -0.25) is 0 Å². The summed E-state index contributed by atoms with van der Waals surface area (Å²) >= 11 is 0. The van der Waals surface area contributed by atoms with E-state index in [-0.39, 0.29) is 0 Å². The molecule has 0 radical (unpaired) electrons. The predicted octanol–water partition coefficient (Wildman–Crippen LogP) is 2.02. The molecule has 0 unspecified atom stereocenters. The van der Waals surface area contributed by atoms with Crippen molar-refractivity contribution >= 4 is 22.8 Å². The Hall–Kier alpha value is -1.93. The maximum atomic E-state index is 10.1. The Morgan fingerprint density at radius 2 is 2.43 bits per heavy atom. The van der Waals surface area contributed by atoms with Crippen LogP contribution in [-0.2, 0) is 11.3 Å². The van der Waals surface area contributed by atoms with Crippen molar-refractivity contribution in [2.24, 2.45) is 4.99 Å². The van der Waals surface area contributed by atoms with Crippen LogP contribution in [0.4, 0.5) is 5.69 Å². The number of rotatable bonds is 2. The van der Waals surface area contributed by atoms with Gasteiger partial charge < -0.3 is 4.57 Å². The summed E-state index contributed by atoms with van der Waals surface area (Å²) in [6, 6.07) is 5.45. The summed E-state index contributed by atoms with van der Waals surface area (Å²) in [7, 11) is 0. The van der Waals surface area contributed by atoms with Crippen LogP contribution in [0.3, 0.4) is 0 Å². The van der Waals surface area contributed by atoms with Crippen molar-refractivity contribution in [3.8, 4) is 0 Å². The van der Waals surface area contributed by atoms with Gasteiger partial charge in [-0.25, -0.2) is 9.78 Å². The molecular weight excluding hydrogens is 178 g/mol. The lowest BCUT2D eigenvalue weighted by atomic mass is 10.3. The minimum Gasteiger partial charge on any atom is -0.331 e. The molecule has 0 spiro atoms. The van der Waals surface area contributed by atoms with Crippen molar-refractivity contribution < 1.29 is 4.79 Å². The van der Waals surface area contributed by atoms with Crippen LogP contribution in [0.2, 0.25) is 0 Å². The van der Waals surface area contributed by atoms with E-state index in [0.717, 1.165) is 17.6 Å². The van der Waals surface area contributed by atoms with Crippen LogP contribution in [0.25, 0.3) is 11.0 Å². The van der Waals surface area contributed by atoms with Gasteiger partial charge in [0.15, 0.2) is 0 Å². The van der Waals surface area contributed by atoms with Crippen molar-refractivity contribution in [1.82, 2.24) is 9.55 Å². The Kier molecular flexibility index (Phi) is 2.13. The summed E-state index contributed by atoms with van der Waals surface area (Å²) in [6.07, 6.45) is 3.29. The minimum atomic E-state index is 0.592. The van der Waals surface area contributed by atoms with E-state index in [9.17, 15) is 4.79 Å². The Bertz CT molecular complexity index is 509. The zero-order chi connectivity index (χ0) is 9.97. The van der Waals surface area contributed by atoms with Crippen LogP contribution < -0.4 is 0 Å². The van der Waals surface area contributed by atoms with Crippen LogP contribution in [-0.4, -0.2) is 15.6 Å². The number of imidazole rings is 1. The highest BCUT2D eigenvalue weighted by molar-refractivity contribution is 5.79. The maximum Gasteiger partial charge on any atom is 0.240 e. The Balaban J connectivity index is 2.62. The molecule has 0 saturated heterocycles. The molecular formula is C10H9N3O. The summed E-state index contributed by atoms with van der Waals surface area (Å²) in [5.41, 5.74) is 2.49. The molecule has 4 heteroatoms. The standard InChI is InChI=1S/C10H9N3O/c1-2-13-6-11-9-5-8(12-7-14)3-4-10(9)13/h3-6H,2H2,1H3. The zero-order valence-corrected chi connectivity index (χ0v) is 7.77. The van der Waals surface area contributed by atoms with Crippen LogP contribution >= 0.6 is 0 Å². The number of carbonyl (C=O) groups excluding carboxylic acids is 1. The van der Waals surface area contributed by atoms with Crippen LogP contribution in [0.5, 0.6) is 0 Å². The van der Waals surface area contributed by atoms with E-state index in [4.69, 9.17) is 0 Å². The van der Waals surface area contributed by atoms with E-state index in [1.165, 1.54) is 6.08 Å². The van der Waals surface area contributed by atoms with E-state index in [1.54, 1.807) is 18.5 Å². The number of aryl methyl sites for hydroxylation is 1. The fourth-order valence-electron chi connectivity index (χ4n) is 1.43. The third-order valence-electron chi connectivity index (χ3n) is 2.12. The number of hydrogen-bond donors (Lipinski definition) is 0. The number of fused-ring (bicyclic) bond motifs is 1. The highest BCUT2D eigenvalue weighted by atomic mass is 16.1. The first kappa shape index (κ1) is 8.66. The van der Waals surface area contributed by atoms with Gasteiger partial charge in [0.05, 0.1) is 23.0 Å². The summed E-state index contributed by atoms with van der Waals surface area (Å²) in [6.45, 7) is 2.94. The molecule has 0 bridgehead atoms. The molecule has 0 aliphatic carbocycles. The fourth-order valence-corrected chi connectivity index (χ4v) is 1.43. The van der Waals surface area contributed by atoms with Crippen molar-refractivity contribution in [2.75, 3.05) is 0 Å². The van der Waals surface area contributed by atoms with Gasteiger partial charge in [-0.15, -0.1) is 0 Å².